The van der Waals surface area contributed by atoms with E-state index in [0.717, 1.165) is 0 Å². The van der Waals surface area contributed by atoms with Crippen LogP contribution in [0.15, 0.2) is 12.1 Å². The fourth-order valence-electron chi connectivity index (χ4n) is 1.08. The van der Waals surface area contributed by atoms with Crippen molar-refractivity contribution in [3.8, 4) is 17.2 Å². The van der Waals surface area contributed by atoms with Crippen LogP contribution < -0.4 is 9.47 Å². The van der Waals surface area contributed by atoms with E-state index in [4.69, 9.17) is 14.6 Å². The van der Waals surface area contributed by atoms with Crippen molar-refractivity contribution < 1.29 is 29.3 Å². The first-order chi connectivity index (χ1) is 7.58. The van der Waals surface area contributed by atoms with E-state index >= 15 is 0 Å². The Kier molecular flexibility index (Phi) is 3.71. The molecule has 0 saturated heterocycles. The molecular formula is C10H10O6. The highest BCUT2D eigenvalue weighted by atomic mass is 16.5. The lowest BCUT2D eigenvalue weighted by Gasteiger charge is -2.09. The van der Waals surface area contributed by atoms with Crippen LogP contribution in [0.3, 0.4) is 0 Å². The van der Waals surface area contributed by atoms with Gasteiger partial charge in [-0.15, -0.1) is 0 Å². The van der Waals surface area contributed by atoms with Crippen LogP contribution in [-0.4, -0.2) is 36.2 Å². The second-order valence-corrected chi connectivity index (χ2v) is 2.86. The van der Waals surface area contributed by atoms with E-state index in [1.807, 2.05) is 0 Å². The fourth-order valence-corrected chi connectivity index (χ4v) is 1.08. The summed E-state index contributed by atoms with van der Waals surface area (Å²) < 4.78 is 9.68. The quantitative estimate of drug-likeness (QED) is 0.717. The molecule has 6 nitrogen and oxygen atoms in total. The molecule has 2 N–H and O–H groups in total. The first-order valence-corrected chi connectivity index (χ1v) is 4.29. The molecule has 0 spiro atoms. The van der Waals surface area contributed by atoms with Gasteiger partial charge in [-0.3, -0.25) is 4.79 Å². The van der Waals surface area contributed by atoms with Crippen molar-refractivity contribution in [1.29, 1.82) is 0 Å². The molecule has 0 bridgehead atoms. The minimum atomic E-state index is -1.18. The maximum atomic E-state index is 10.7. The number of carbonyl (C=O) groups excluding carboxylic acids is 1. The van der Waals surface area contributed by atoms with Gasteiger partial charge in [0.05, 0.1) is 12.7 Å². The second kappa shape index (κ2) is 5.01. The van der Waals surface area contributed by atoms with Gasteiger partial charge in [0.1, 0.15) is 17.2 Å². The highest BCUT2D eigenvalue weighted by molar-refractivity contribution is 5.84. The number of benzene rings is 1. The van der Waals surface area contributed by atoms with Gasteiger partial charge in [0.15, 0.2) is 12.9 Å². The number of phenols is 1. The topological polar surface area (TPSA) is 93.1 Å². The normalized spacial score (nSPS) is 9.56. The predicted molar refractivity (Wildman–Crippen MR) is 53.2 cm³/mol. The van der Waals surface area contributed by atoms with Crippen LogP contribution in [0.25, 0.3) is 0 Å². The average molecular weight is 226 g/mol. The predicted octanol–water partition coefficient (Wildman–Crippen LogP) is 0.677. The van der Waals surface area contributed by atoms with E-state index in [9.17, 15) is 14.7 Å². The molecule has 0 aromatic heterocycles. The Bertz CT molecular complexity index is 412. The molecule has 16 heavy (non-hydrogen) atoms. The van der Waals surface area contributed by atoms with Crippen LogP contribution >= 0.6 is 0 Å². The molecule has 0 aliphatic heterocycles. The molecule has 0 amide bonds. The van der Waals surface area contributed by atoms with Crippen molar-refractivity contribution in [3.05, 3.63) is 17.7 Å². The molecule has 1 rings (SSSR count). The van der Waals surface area contributed by atoms with E-state index in [2.05, 4.69) is 0 Å². The molecule has 0 fully saturated rings. The highest BCUT2D eigenvalue weighted by Crippen LogP contribution is 2.31. The Hall–Kier alpha value is -2.24. The number of phenolic OH excluding ortho intramolecular Hbond substituents is 1. The Morgan fingerprint density at radius 3 is 2.69 bits per heavy atom. The molecule has 1 aromatic rings. The lowest BCUT2D eigenvalue weighted by atomic mass is 10.2. The molecule has 0 atom stereocenters. The average Bonchev–Trinajstić information content (AvgIpc) is 2.25. The summed E-state index contributed by atoms with van der Waals surface area (Å²) in [7, 11) is 1.37. The van der Waals surface area contributed by atoms with E-state index < -0.39 is 12.6 Å². The highest BCUT2D eigenvalue weighted by Gasteiger charge is 2.12. The molecule has 0 heterocycles. The third kappa shape index (κ3) is 2.63. The lowest BCUT2D eigenvalue weighted by Crippen LogP contribution is -2.10. The van der Waals surface area contributed by atoms with E-state index in [1.165, 1.54) is 19.2 Å². The summed E-state index contributed by atoms with van der Waals surface area (Å²) >= 11 is 0. The molecule has 0 saturated carbocycles. The number of aromatic hydroxyl groups is 1. The van der Waals surface area contributed by atoms with Crippen LogP contribution in [0.1, 0.15) is 10.4 Å². The van der Waals surface area contributed by atoms with Crippen LogP contribution in [0.4, 0.5) is 0 Å². The summed E-state index contributed by atoms with van der Waals surface area (Å²) in [4.78, 5) is 21.0. The van der Waals surface area contributed by atoms with Crippen LogP contribution in [0.2, 0.25) is 0 Å². The van der Waals surface area contributed by atoms with Crippen molar-refractivity contribution in [1.82, 2.24) is 0 Å². The molecule has 86 valence electrons. The van der Waals surface area contributed by atoms with Crippen LogP contribution in [0.5, 0.6) is 17.2 Å². The van der Waals surface area contributed by atoms with Crippen LogP contribution in [0, 0.1) is 0 Å². The zero-order chi connectivity index (χ0) is 12.1. The van der Waals surface area contributed by atoms with E-state index in [0.29, 0.717) is 6.29 Å². The maximum Gasteiger partial charge on any atom is 0.341 e. The Balaban J connectivity index is 3.07. The molecule has 0 aliphatic carbocycles. The largest absolute Gasteiger partial charge is 0.507 e. The molecule has 0 radical (unpaired) electrons. The van der Waals surface area contributed by atoms with Crippen molar-refractivity contribution in [2.45, 2.75) is 0 Å². The van der Waals surface area contributed by atoms with Gasteiger partial charge in [0.25, 0.3) is 0 Å². The maximum absolute atomic E-state index is 10.7. The number of hydrogen-bond donors (Lipinski definition) is 2. The van der Waals surface area contributed by atoms with E-state index in [-0.39, 0.29) is 22.8 Å². The number of carboxylic acid groups (broad SMARTS) is 1. The number of rotatable bonds is 5. The van der Waals surface area contributed by atoms with Gasteiger partial charge < -0.3 is 19.7 Å². The smallest absolute Gasteiger partial charge is 0.341 e. The van der Waals surface area contributed by atoms with Gasteiger partial charge in [-0.2, -0.15) is 0 Å². The number of carboxylic acids is 1. The summed E-state index contributed by atoms with van der Waals surface area (Å²) in [6, 6.07) is 2.56. The van der Waals surface area contributed by atoms with Gasteiger partial charge in [0.2, 0.25) is 0 Å². The summed E-state index contributed by atoms with van der Waals surface area (Å²) in [5, 5.41) is 17.9. The Morgan fingerprint density at radius 2 is 2.19 bits per heavy atom. The van der Waals surface area contributed by atoms with E-state index in [1.54, 1.807) is 0 Å². The lowest BCUT2D eigenvalue weighted by molar-refractivity contribution is -0.139. The summed E-state index contributed by atoms with van der Waals surface area (Å²) in [6.07, 6.45) is 0.381. The first-order valence-electron chi connectivity index (χ1n) is 4.29. The summed E-state index contributed by atoms with van der Waals surface area (Å²) in [5.41, 5.74) is -0.109. The third-order valence-corrected chi connectivity index (χ3v) is 1.80. The number of ether oxygens (including phenoxy) is 2. The minimum absolute atomic E-state index is 0.0331. The molecule has 1 aromatic carbocycles. The zero-order valence-electron chi connectivity index (χ0n) is 8.47. The van der Waals surface area contributed by atoms with Crippen molar-refractivity contribution in [2.24, 2.45) is 0 Å². The number of aliphatic carboxylic acids is 1. The van der Waals surface area contributed by atoms with Gasteiger partial charge in [0, 0.05) is 12.1 Å². The third-order valence-electron chi connectivity index (χ3n) is 1.80. The minimum Gasteiger partial charge on any atom is -0.507 e. The number of aldehydes is 1. The van der Waals surface area contributed by atoms with Gasteiger partial charge in [-0.05, 0) is 0 Å². The monoisotopic (exact) mass is 226 g/mol. The first kappa shape index (κ1) is 11.8. The molecule has 0 aliphatic rings. The molecular weight excluding hydrogens is 216 g/mol. The van der Waals surface area contributed by atoms with Crippen molar-refractivity contribution in [2.75, 3.05) is 13.7 Å². The van der Waals surface area contributed by atoms with Crippen molar-refractivity contribution >= 4 is 12.3 Å². The van der Waals surface area contributed by atoms with Gasteiger partial charge in [-0.25, -0.2) is 4.79 Å². The number of hydrogen-bond acceptors (Lipinski definition) is 5. The molecule has 0 unspecified atom stereocenters. The van der Waals surface area contributed by atoms with Crippen LogP contribution in [-0.2, 0) is 4.79 Å². The SMILES string of the molecule is COc1cc(O)c(C=O)c(OCC(=O)O)c1. The van der Waals surface area contributed by atoms with Gasteiger partial charge >= 0.3 is 5.97 Å². The van der Waals surface area contributed by atoms with Gasteiger partial charge in [-0.1, -0.05) is 0 Å². The number of methoxy groups -OCH3 is 1. The summed E-state index contributed by atoms with van der Waals surface area (Å²) in [6.45, 7) is -0.604. The Labute approximate surface area is 91.0 Å². The zero-order valence-corrected chi connectivity index (χ0v) is 8.47. The fraction of sp³-hybridized carbons (Fsp3) is 0.200. The second-order valence-electron chi connectivity index (χ2n) is 2.86. The molecule has 6 heteroatoms. The Morgan fingerprint density at radius 1 is 1.50 bits per heavy atom. The van der Waals surface area contributed by atoms with Crippen molar-refractivity contribution in [3.63, 3.8) is 0 Å². The standard InChI is InChI=1S/C10H10O6/c1-15-6-2-8(12)7(4-11)9(3-6)16-5-10(13)14/h2-4,12H,5H2,1H3,(H,13,14). The summed E-state index contributed by atoms with van der Waals surface area (Å²) in [5.74, 6) is -1.27. The number of carbonyl (C=O) groups is 2.